The number of anilines is 1. The first-order valence-electron chi connectivity index (χ1n) is 5.09. The van der Waals surface area contributed by atoms with E-state index < -0.39 is 15.3 Å². The lowest BCUT2D eigenvalue weighted by atomic mass is 10.3. The fourth-order valence-corrected chi connectivity index (χ4v) is 3.44. The quantitative estimate of drug-likeness (QED) is 0.766. The van der Waals surface area contributed by atoms with Crippen LogP contribution in [-0.2, 0) is 17.1 Å². The zero-order valence-corrected chi connectivity index (χ0v) is 11.6. The van der Waals surface area contributed by atoms with Crippen LogP contribution in [0.25, 0.3) is 0 Å². The Labute approximate surface area is 106 Å². The molecule has 1 aromatic rings. The van der Waals surface area contributed by atoms with Crippen LogP contribution in [0.3, 0.4) is 0 Å². The fraction of sp³-hybridized carbons (Fsp3) is 0.556. The van der Waals surface area contributed by atoms with Gasteiger partial charge in [-0.25, -0.2) is 8.42 Å². The van der Waals surface area contributed by atoms with Crippen molar-refractivity contribution < 1.29 is 8.42 Å². The predicted octanol–water partition coefficient (Wildman–Crippen LogP) is 0.535. The van der Waals surface area contributed by atoms with Crippen LogP contribution in [0.15, 0.2) is 6.20 Å². The van der Waals surface area contributed by atoms with Gasteiger partial charge in [-0.1, -0.05) is 19.1 Å². The van der Waals surface area contributed by atoms with Crippen LogP contribution in [-0.4, -0.2) is 28.4 Å². The first kappa shape index (κ1) is 13.9. The van der Waals surface area contributed by atoms with Crippen LogP contribution >= 0.6 is 12.2 Å². The zero-order valence-electron chi connectivity index (χ0n) is 9.97. The molecule has 1 aromatic heterocycles. The molecule has 0 aromatic carbocycles. The summed E-state index contributed by atoms with van der Waals surface area (Å²) < 4.78 is 28.0. The third-order valence-electron chi connectivity index (χ3n) is 2.33. The monoisotopic (exact) mass is 276 g/mol. The molecule has 17 heavy (non-hydrogen) atoms. The molecule has 96 valence electrons. The van der Waals surface area contributed by atoms with Crippen LogP contribution in [0.2, 0.25) is 0 Å². The standard InChI is InChI=1S/C9H16N4O2S2/c1-4-8(9(10)16)17(14,15)12-7-5-13(3)11-6(7)2/h5,8,12H,4H2,1-3H3,(H2,10,16). The molecule has 0 spiro atoms. The molecule has 8 heteroatoms. The summed E-state index contributed by atoms with van der Waals surface area (Å²) >= 11 is 4.76. The van der Waals surface area contributed by atoms with Crippen LogP contribution in [0.4, 0.5) is 5.69 Å². The van der Waals surface area contributed by atoms with E-state index in [1.807, 2.05) is 0 Å². The number of nitrogens with one attached hydrogen (secondary N) is 1. The Bertz CT molecular complexity index is 521. The van der Waals surface area contributed by atoms with Gasteiger partial charge in [0.2, 0.25) is 10.0 Å². The number of nitrogens with two attached hydrogens (primary N) is 1. The number of sulfonamides is 1. The average Bonchev–Trinajstić information content (AvgIpc) is 2.43. The van der Waals surface area contributed by atoms with Gasteiger partial charge in [0, 0.05) is 13.2 Å². The molecule has 0 aliphatic heterocycles. The lowest BCUT2D eigenvalue weighted by Gasteiger charge is -2.15. The Morgan fingerprint density at radius 2 is 2.29 bits per heavy atom. The van der Waals surface area contributed by atoms with Crippen LogP contribution in [0.1, 0.15) is 19.0 Å². The van der Waals surface area contributed by atoms with E-state index in [0.717, 1.165) is 0 Å². The number of thiocarbonyl (C=S) groups is 1. The van der Waals surface area contributed by atoms with Crippen LogP contribution < -0.4 is 10.5 Å². The second-order valence-corrected chi connectivity index (χ2v) is 6.08. The molecule has 1 heterocycles. The van der Waals surface area contributed by atoms with Crippen molar-refractivity contribution in [3.63, 3.8) is 0 Å². The average molecular weight is 276 g/mol. The molecule has 0 saturated carbocycles. The Balaban J connectivity index is 3.01. The molecule has 3 N–H and O–H groups in total. The molecule has 6 nitrogen and oxygen atoms in total. The smallest absolute Gasteiger partial charge is 0.242 e. The number of hydrogen-bond acceptors (Lipinski definition) is 4. The molecule has 0 aliphatic carbocycles. The maximum absolute atomic E-state index is 12.0. The minimum Gasteiger partial charge on any atom is -0.392 e. The summed E-state index contributed by atoms with van der Waals surface area (Å²) in [6.07, 6.45) is 1.93. The van der Waals surface area contributed by atoms with E-state index in [1.165, 1.54) is 4.68 Å². The van der Waals surface area contributed by atoms with Crippen molar-refractivity contribution in [1.82, 2.24) is 9.78 Å². The molecule has 0 fully saturated rings. The number of aryl methyl sites for hydroxylation is 2. The van der Waals surface area contributed by atoms with Gasteiger partial charge >= 0.3 is 0 Å². The van der Waals surface area contributed by atoms with E-state index in [0.29, 0.717) is 17.8 Å². The van der Waals surface area contributed by atoms with Crippen molar-refractivity contribution in [1.29, 1.82) is 0 Å². The Hall–Kier alpha value is -1.15. The van der Waals surface area contributed by atoms with E-state index in [2.05, 4.69) is 9.82 Å². The summed E-state index contributed by atoms with van der Waals surface area (Å²) in [5.41, 5.74) is 6.47. The van der Waals surface area contributed by atoms with Crippen LogP contribution in [0, 0.1) is 6.92 Å². The second kappa shape index (κ2) is 5.01. The maximum Gasteiger partial charge on any atom is 0.242 e. The Kier molecular flexibility index (Phi) is 4.10. The first-order valence-corrected chi connectivity index (χ1v) is 7.04. The molecule has 0 aliphatic rings. The highest BCUT2D eigenvalue weighted by atomic mass is 32.2. The van der Waals surface area contributed by atoms with Crippen molar-refractivity contribution in [2.24, 2.45) is 12.8 Å². The highest BCUT2D eigenvalue weighted by molar-refractivity contribution is 7.95. The maximum atomic E-state index is 12.0. The molecule has 0 bridgehead atoms. The van der Waals surface area contributed by atoms with Gasteiger partial charge in [0.15, 0.2) is 0 Å². The minimum atomic E-state index is -3.60. The highest BCUT2D eigenvalue weighted by Crippen LogP contribution is 2.17. The summed E-state index contributed by atoms with van der Waals surface area (Å²) in [6.45, 7) is 3.44. The number of hydrogen-bond donors (Lipinski definition) is 2. The van der Waals surface area contributed by atoms with E-state index in [4.69, 9.17) is 18.0 Å². The summed E-state index contributed by atoms with van der Waals surface area (Å²) in [7, 11) is -1.89. The Morgan fingerprint density at radius 1 is 1.71 bits per heavy atom. The summed E-state index contributed by atoms with van der Waals surface area (Å²) in [5, 5.41) is 3.19. The summed E-state index contributed by atoms with van der Waals surface area (Å²) in [5.74, 6) is 0. The van der Waals surface area contributed by atoms with Gasteiger partial charge in [0.05, 0.1) is 16.4 Å². The van der Waals surface area contributed by atoms with E-state index in [1.54, 1.807) is 27.1 Å². The lowest BCUT2D eigenvalue weighted by Crippen LogP contribution is -2.37. The minimum absolute atomic E-state index is 0.0263. The summed E-state index contributed by atoms with van der Waals surface area (Å²) in [6, 6.07) is 0. The number of nitrogens with zero attached hydrogens (tertiary/aromatic N) is 2. The highest BCUT2D eigenvalue weighted by Gasteiger charge is 2.27. The number of rotatable bonds is 5. The third-order valence-corrected chi connectivity index (χ3v) is 4.60. The van der Waals surface area contributed by atoms with E-state index in [-0.39, 0.29) is 4.99 Å². The Morgan fingerprint density at radius 3 is 2.65 bits per heavy atom. The van der Waals surface area contributed by atoms with Gasteiger partial charge in [-0.3, -0.25) is 9.40 Å². The topological polar surface area (TPSA) is 90.0 Å². The molecule has 0 amide bonds. The summed E-state index contributed by atoms with van der Waals surface area (Å²) in [4.78, 5) is -0.0263. The molecule has 0 saturated heterocycles. The van der Waals surface area contributed by atoms with Crippen molar-refractivity contribution in [3.8, 4) is 0 Å². The van der Waals surface area contributed by atoms with Crippen molar-refractivity contribution >= 4 is 32.9 Å². The predicted molar refractivity (Wildman–Crippen MR) is 71.4 cm³/mol. The van der Waals surface area contributed by atoms with Gasteiger partial charge in [-0.2, -0.15) is 5.10 Å². The normalized spacial score (nSPS) is 13.4. The van der Waals surface area contributed by atoms with Crippen molar-refractivity contribution in [2.75, 3.05) is 4.72 Å². The van der Waals surface area contributed by atoms with Crippen molar-refractivity contribution in [2.45, 2.75) is 25.5 Å². The molecular formula is C9H16N4O2S2. The van der Waals surface area contributed by atoms with Crippen molar-refractivity contribution in [3.05, 3.63) is 11.9 Å². The molecule has 1 rings (SSSR count). The van der Waals surface area contributed by atoms with Gasteiger partial charge in [-0.15, -0.1) is 0 Å². The lowest BCUT2D eigenvalue weighted by molar-refractivity contribution is 0.594. The number of aromatic nitrogens is 2. The fourth-order valence-electron chi connectivity index (χ4n) is 1.50. The molecule has 1 atom stereocenters. The largest absolute Gasteiger partial charge is 0.392 e. The molecule has 0 radical (unpaired) electrons. The van der Waals surface area contributed by atoms with Gasteiger partial charge in [0.1, 0.15) is 5.25 Å². The van der Waals surface area contributed by atoms with Gasteiger partial charge in [-0.05, 0) is 13.3 Å². The van der Waals surface area contributed by atoms with Crippen LogP contribution in [0.5, 0.6) is 0 Å². The third kappa shape index (κ3) is 3.16. The van der Waals surface area contributed by atoms with E-state index >= 15 is 0 Å². The van der Waals surface area contributed by atoms with Gasteiger partial charge < -0.3 is 5.73 Å². The van der Waals surface area contributed by atoms with Gasteiger partial charge in [0.25, 0.3) is 0 Å². The molecule has 1 unspecified atom stereocenters. The van der Waals surface area contributed by atoms with E-state index in [9.17, 15) is 8.42 Å². The molecular weight excluding hydrogens is 260 g/mol. The zero-order chi connectivity index (χ0) is 13.2. The second-order valence-electron chi connectivity index (χ2n) is 3.75. The SMILES string of the molecule is CCC(C(N)=S)S(=O)(=O)Nc1cn(C)nc1C. The first-order chi connectivity index (χ1) is 7.77.